The van der Waals surface area contributed by atoms with Crippen molar-refractivity contribution in [3.63, 3.8) is 0 Å². The molecule has 0 radical (unpaired) electrons. The lowest BCUT2D eigenvalue weighted by atomic mass is 10.0. The molecule has 3 aromatic rings. The Morgan fingerprint density at radius 2 is 1.11 bits per heavy atom. The first-order valence-electron chi connectivity index (χ1n) is 15.2. The Bertz CT molecular complexity index is 1400. The minimum Gasteiger partial charge on any atom is -0.445 e. The number of hydrogen-bond acceptors (Lipinski definition) is 8. The largest absolute Gasteiger partial charge is 0.445 e. The predicted octanol–water partition coefficient (Wildman–Crippen LogP) is 4.51. The molecular weight excluding hydrogens is 590 g/mol. The van der Waals surface area contributed by atoms with Gasteiger partial charge in [-0.1, -0.05) is 100 Å². The van der Waals surface area contributed by atoms with Gasteiger partial charge < -0.3 is 35.3 Å². The smallest absolute Gasteiger partial charge is 0.408 e. The number of alkyl carbamates (subject to hydrolysis) is 2. The van der Waals surface area contributed by atoms with Crippen molar-refractivity contribution >= 4 is 24.1 Å². The van der Waals surface area contributed by atoms with Crippen molar-refractivity contribution in [2.45, 2.75) is 65.5 Å². The van der Waals surface area contributed by atoms with Crippen LogP contribution in [0.1, 0.15) is 44.4 Å². The number of carbonyl (C=O) groups is 4. The molecule has 11 nitrogen and oxygen atoms in total. The first kappa shape index (κ1) is 35.6. The van der Waals surface area contributed by atoms with Gasteiger partial charge in [0.05, 0.1) is 12.6 Å². The highest BCUT2D eigenvalue weighted by molar-refractivity contribution is 5.86. The minimum atomic E-state index is -0.935. The fourth-order valence-electron chi connectivity index (χ4n) is 4.43. The highest BCUT2D eigenvalue weighted by Crippen LogP contribution is 2.16. The SMILES string of the molecule is CC(C)C(NC(=O)OCc1ccccc1)C(=O)Oc1ccc(C[C@@H](CO)NC(=O)[C@@H](NC(=O)OCc2ccccc2)C(C)C)cc1. The molecule has 0 aliphatic rings. The lowest BCUT2D eigenvalue weighted by molar-refractivity contribution is -0.137. The number of aliphatic hydroxyl groups excluding tert-OH is 1. The zero-order valence-electron chi connectivity index (χ0n) is 26.6. The van der Waals surface area contributed by atoms with E-state index >= 15 is 0 Å². The second-order valence-corrected chi connectivity index (χ2v) is 11.5. The molecule has 0 spiro atoms. The molecule has 1 unspecified atom stereocenters. The van der Waals surface area contributed by atoms with Gasteiger partial charge in [-0.15, -0.1) is 0 Å². The lowest BCUT2D eigenvalue weighted by Gasteiger charge is -2.24. The molecule has 3 aromatic carbocycles. The molecular formula is C35H43N3O8. The Kier molecular flexibility index (Phi) is 14.0. The van der Waals surface area contributed by atoms with Crippen LogP contribution in [0.3, 0.4) is 0 Å². The molecule has 0 aliphatic carbocycles. The maximum Gasteiger partial charge on any atom is 0.408 e. The summed E-state index contributed by atoms with van der Waals surface area (Å²) >= 11 is 0. The van der Waals surface area contributed by atoms with Crippen LogP contribution >= 0.6 is 0 Å². The van der Waals surface area contributed by atoms with Gasteiger partial charge in [0.15, 0.2) is 0 Å². The number of benzene rings is 3. The number of carbonyl (C=O) groups excluding carboxylic acids is 4. The van der Waals surface area contributed by atoms with Gasteiger partial charge in [-0.05, 0) is 47.1 Å². The van der Waals surface area contributed by atoms with Crippen LogP contribution in [0.5, 0.6) is 5.75 Å². The van der Waals surface area contributed by atoms with Crippen molar-refractivity contribution in [1.82, 2.24) is 16.0 Å². The molecule has 246 valence electrons. The zero-order chi connectivity index (χ0) is 33.5. The van der Waals surface area contributed by atoms with Crippen LogP contribution in [0.4, 0.5) is 9.59 Å². The van der Waals surface area contributed by atoms with E-state index in [4.69, 9.17) is 14.2 Å². The number of hydrogen-bond donors (Lipinski definition) is 4. The molecule has 3 amide bonds. The molecule has 0 aliphatic heterocycles. The number of amides is 3. The Hall–Kier alpha value is -4.90. The van der Waals surface area contributed by atoms with Crippen LogP contribution in [0.2, 0.25) is 0 Å². The molecule has 0 saturated heterocycles. The monoisotopic (exact) mass is 633 g/mol. The minimum absolute atomic E-state index is 0.0687. The zero-order valence-corrected chi connectivity index (χ0v) is 26.6. The summed E-state index contributed by atoms with van der Waals surface area (Å²) in [5.74, 6) is -1.34. The molecule has 0 saturated carbocycles. The number of ether oxygens (including phenoxy) is 3. The van der Waals surface area contributed by atoms with E-state index in [0.29, 0.717) is 0 Å². The fraction of sp³-hybridized carbons (Fsp3) is 0.371. The Morgan fingerprint density at radius 3 is 1.57 bits per heavy atom. The van der Waals surface area contributed by atoms with Gasteiger partial charge in [-0.3, -0.25) is 4.79 Å². The van der Waals surface area contributed by atoms with Crippen LogP contribution in [0, 0.1) is 11.8 Å². The maximum atomic E-state index is 13.0. The van der Waals surface area contributed by atoms with E-state index in [1.807, 2.05) is 60.7 Å². The summed E-state index contributed by atoms with van der Waals surface area (Å²) in [6.45, 7) is 6.95. The average molecular weight is 634 g/mol. The molecule has 0 fully saturated rings. The van der Waals surface area contributed by atoms with Gasteiger partial charge in [0.1, 0.15) is 31.0 Å². The highest BCUT2D eigenvalue weighted by atomic mass is 16.6. The third kappa shape index (κ3) is 11.9. The van der Waals surface area contributed by atoms with Crippen molar-refractivity contribution < 1.29 is 38.5 Å². The van der Waals surface area contributed by atoms with Crippen LogP contribution in [0.15, 0.2) is 84.9 Å². The number of rotatable bonds is 15. The maximum absolute atomic E-state index is 13.0. The van der Waals surface area contributed by atoms with Gasteiger partial charge >= 0.3 is 18.2 Å². The number of esters is 1. The summed E-state index contributed by atoms with van der Waals surface area (Å²) in [7, 11) is 0. The van der Waals surface area contributed by atoms with Crippen LogP contribution in [-0.2, 0) is 38.7 Å². The van der Waals surface area contributed by atoms with Crippen LogP contribution in [-0.4, -0.2) is 53.9 Å². The molecule has 0 bridgehead atoms. The Balaban J connectivity index is 1.50. The van der Waals surface area contributed by atoms with E-state index in [9.17, 15) is 24.3 Å². The normalized spacial score (nSPS) is 12.8. The number of aliphatic hydroxyl groups is 1. The Morgan fingerprint density at radius 1 is 0.630 bits per heavy atom. The first-order chi connectivity index (χ1) is 22.0. The van der Waals surface area contributed by atoms with E-state index in [1.165, 1.54) is 0 Å². The standard InChI is InChI=1S/C35H43N3O8/c1-23(2)30(37-34(42)44-21-26-11-7-5-8-12-26)32(40)36-28(20-39)19-25-15-17-29(18-16-25)46-33(41)31(24(3)4)38-35(43)45-22-27-13-9-6-10-14-27/h5-18,23-24,28,30-31,39H,19-22H2,1-4H3,(H,36,40)(H,37,42)(H,38,43)/t28-,30-,31?/m0/s1. The second-order valence-electron chi connectivity index (χ2n) is 11.5. The van der Waals surface area contributed by atoms with Crippen molar-refractivity contribution in [2.24, 2.45) is 11.8 Å². The molecule has 0 aromatic heterocycles. The summed E-state index contributed by atoms with van der Waals surface area (Å²) in [6.07, 6.45) is -1.17. The van der Waals surface area contributed by atoms with Gasteiger partial charge in [0, 0.05) is 0 Å². The number of nitrogens with one attached hydrogen (secondary N) is 3. The van der Waals surface area contributed by atoms with E-state index in [-0.39, 0.29) is 43.8 Å². The lowest BCUT2D eigenvalue weighted by Crippen LogP contribution is -2.53. The predicted molar refractivity (Wildman–Crippen MR) is 172 cm³/mol. The van der Waals surface area contributed by atoms with Crippen molar-refractivity contribution in [3.8, 4) is 5.75 Å². The van der Waals surface area contributed by atoms with Gasteiger partial charge in [0.25, 0.3) is 0 Å². The summed E-state index contributed by atoms with van der Waals surface area (Å²) in [5, 5.41) is 17.9. The first-order valence-corrected chi connectivity index (χ1v) is 15.2. The molecule has 4 N–H and O–H groups in total. The summed E-state index contributed by atoms with van der Waals surface area (Å²) in [4.78, 5) is 50.7. The highest BCUT2D eigenvalue weighted by Gasteiger charge is 2.28. The third-order valence-corrected chi connectivity index (χ3v) is 7.03. The average Bonchev–Trinajstić information content (AvgIpc) is 3.05. The van der Waals surface area contributed by atoms with Gasteiger partial charge in [0.2, 0.25) is 5.91 Å². The van der Waals surface area contributed by atoms with E-state index < -0.39 is 42.2 Å². The van der Waals surface area contributed by atoms with E-state index in [1.54, 1.807) is 52.0 Å². The third-order valence-electron chi connectivity index (χ3n) is 7.03. The van der Waals surface area contributed by atoms with E-state index in [0.717, 1.165) is 16.7 Å². The molecule has 0 heterocycles. The van der Waals surface area contributed by atoms with Crippen molar-refractivity contribution in [3.05, 3.63) is 102 Å². The van der Waals surface area contributed by atoms with Crippen molar-refractivity contribution in [1.29, 1.82) is 0 Å². The van der Waals surface area contributed by atoms with Crippen LogP contribution < -0.4 is 20.7 Å². The van der Waals surface area contributed by atoms with Gasteiger partial charge in [-0.2, -0.15) is 0 Å². The molecule has 3 atom stereocenters. The quantitative estimate of drug-likeness (QED) is 0.141. The second kappa shape index (κ2) is 18.2. The summed E-state index contributed by atoms with van der Waals surface area (Å²) in [6, 6.07) is 22.5. The molecule has 3 rings (SSSR count). The Labute approximate surface area is 269 Å². The topological polar surface area (TPSA) is 152 Å². The molecule has 46 heavy (non-hydrogen) atoms. The van der Waals surface area contributed by atoms with E-state index in [2.05, 4.69) is 16.0 Å². The van der Waals surface area contributed by atoms with Gasteiger partial charge in [-0.25, -0.2) is 14.4 Å². The van der Waals surface area contributed by atoms with Crippen molar-refractivity contribution in [2.75, 3.05) is 6.61 Å². The summed E-state index contributed by atoms with van der Waals surface area (Å²) in [5.41, 5.74) is 2.40. The van der Waals surface area contributed by atoms with Crippen LogP contribution in [0.25, 0.3) is 0 Å². The molecule has 11 heteroatoms. The summed E-state index contributed by atoms with van der Waals surface area (Å²) < 4.78 is 16.0. The fourth-order valence-corrected chi connectivity index (χ4v) is 4.43.